The summed E-state index contributed by atoms with van der Waals surface area (Å²) < 4.78 is 33.4. The number of nitrogens with one attached hydrogen (secondary N) is 1. The van der Waals surface area contributed by atoms with Gasteiger partial charge in [0, 0.05) is 43.4 Å². The van der Waals surface area contributed by atoms with Gasteiger partial charge in [0.2, 0.25) is 0 Å². The molecule has 2 aromatic carbocycles. The fourth-order valence-corrected chi connectivity index (χ4v) is 4.97. The van der Waals surface area contributed by atoms with Crippen LogP contribution >= 0.6 is 0 Å². The number of nitrogens with zero attached hydrogens (tertiary/aromatic N) is 2. The van der Waals surface area contributed by atoms with E-state index < -0.39 is 23.8 Å². The summed E-state index contributed by atoms with van der Waals surface area (Å²) in [6.45, 7) is 8.15. The molecule has 0 spiro atoms. The number of rotatable bonds is 13. The van der Waals surface area contributed by atoms with E-state index in [0.29, 0.717) is 36.3 Å². The van der Waals surface area contributed by atoms with Gasteiger partial charge in [0.25, 0.3) is 18.3 Å². The number of amides is 2. The van der Waals surface area contributed by atoms with E-state index in [2.05, 4.69) is 5.32 Å². The van der Waals surface area contributed by atoms with Gasteiger partial charge in [-0.15, -0.1) is 0 Å². The quantitative estimate of drug-likeness (QED) is 0.395. The van der Waals surface area contributed by atoms with Gasteiger partial charge in [0.05, 0.1) is 6.04 Å². The number of hydrogen-bond acceptors (Lipinski definition) is 5. The molecule has 0 radical (unpaired) electrons. The van der Waals surface area contributed by atoms with Gasteiger partial charge in [-0.1, -0.05) is 13.8 Å². The number of likely N-dealkylation sites (N-methyl/N-ethyl adjacent to an activating group) is 1. The van der Waals surface area contributed by atoms with Crippen LogP contribution in [0.2, 0.25) is 0 Å². The van der Waals surface area contributed by atoms with Crippen molar-refractivity contribution in [2.75, 3.05) is 26.7 Å². The third-order valence-electron chi connectivity index (χ3n) is 6.88. The van der Waals surface area contributed by atoms with Crippen molar-refractivity contribution in [1.29, 1.82) is 0 Å². The minimum Gasteiger partial charge on any atom is -0.461 e. The average Bonchev–Trinajstić information content (AvgIpc) is 2.83. The average molecular weight is 530 g/mol. The van der Waals surface area contributed by atoms with Gasteiger partial charge in [-0.05, 0) is 80.6 Å². The van der Waals surface area contributed by atoms with Crippen LogP contribution in [0.1, 0.15) is 65.0 Å². The predicted octanol–water partition coefficient (Wildman–Crippen LogP) is 4.12. The second-order valence-electron chi connectivity index (χ2n) is 9.89. The van der Waals surface area contributed by atoms with Gasteiger partial charge in [-0.25, -0.2) is 8.78 Å². The summed E-state index contributed by atoms with van der Waals surface area (Å²) in [6.07, 6.45) is 1.69. The standard InChI is InChI=1S/C29H37F2N3O4/c1-5-9-34(10-6-2)29(37)22-12-19(3)11-21(16-22)28(36)33(4)26(27(38-18-35)25-7-8-32-25)15-20-13-23(30)17-24(31)14-20/h11-14,16-18,25-27,32H,5-10,15H2,1-4H3. The second kappa shape index (κ2) is 13.5. The maximum absolute atomic E-state index is 14.0. The van der Waals surface area contributed by atoms with Crippen LogP contribution in [0.15, 0.2) is 36.4 Å². The Hall–Kier alpha value is -3.33. The van der Waals surface area contributed by atoms with Crippen LogP contribution in [0.3, 0.4) is 0 Å². The van der Waals surface area contributed by atoms with Crippen molar-refractivity contribution in [3.05, 3.63) is 70.3 Å². The lowest BCUT2D eigenvalue weighted by Gasteiger charge is -2.41. The normalized spacial score (nSPS) is 16.2. The third kappa shape index (κ3) is 7.16. The molecular formula is C29H37F2N3O4. The van der Waals surface area contributed by atoms with E-state index in [9.17, 15) is 23.2 Å². The number of hydrogen-bond donors (Lipinski definition) is 1. The minimum atomic E-state index is -0.739. The zero-order valence-electron chi connectivity index (χ0n) is 22.5. The Morgan fingerprint density at radius 3 is 2.11 bits per heavy atom. The van der Waals surface area contributed by atoms with E-state index in [4.69, 9.17) is 4.74 Å². The summed E-state index contributed by atoms with van der Waals surface area (Å²) in [6, 6.07) is 7.33. The van der Waals surface area contributed by atoms with Crippen LogP contribution in [-0.2, 0) is 16.0 Å². The highest BCUT2D eigenvalue weighted by Crippen LogP contribution is 2.24. The van der Waals surface area contributed by atoms with E-state index in [1.807, 2.05) is 20.8 Å². The number of carbonyl (C=O) groups excluding carboxylic acids is 3. The summed E-state index contributed by atoms with van der Waals surface area (Å²) >= 11 is 0. The third-order valence-corrected chi connectivity index (χ3v) is 6.88. The number of ether oxygens (including phenoxy) is 1. The Morgan fingerprint density at radius 2 is 1.61 bits per heavy atom. The van der Waals surface area contributed by atoms with Crippen molar-refractivity contribution in [1.82, 2.24) is 15.1 Å². The molecule has 1 N–H and O–H groups in total. The van der Waals surface area contributed by atoms with Gasteiger partial charge in [0.1, 0.15) is 17.7 Å². The topological polar surface area (TPSA) is 79.0 Å². The highest BCUT2D eigenvalue weighted by molar-refractivity contribution is 6.00. The Kier molecular flexibility index (Phi) is 10.4. The molecule has 9 heteroatoms. The molecule has 3 rings (SSSR count). The molecule has 3 atom stereocenters. The van der Waals surface area contributed by atoms with Crippen molar-refractivity contribution in [3.8, 4) is 0 Å². The molecule has 1 aliphatic rings. The molecule has 206 valence electrons. The van der Waals surface area contributed by atoms with Crippen molar-refractivity contribution in [3.63, 3.8) is 0 Å². The van der Waals surface area contributed by atoms with E-state index in [0.717, 1.165) is 37.4 Å². The Labute approximate surface area is 223 Å². The van der Waals surface area contributed by atoms with Crippen LogP contribution in [0, 0.1) is 18.6 Å². The molecule has 1 aliphatic heterocycles. The van der Waals surface area contributed by atoms with E-state index in [1.165, 1.54) is 17.0 Å². The summed E-state index contributed by atoms with van der Waals surface area (Å²) in [4.78, 5) is 41.7. The van der Waals surface area contributed by atoms with Crippen LogP contribution in [-0.4, -0.2) is 73.0 Å². The molecule has 0 bridgehead atoms. The molecule has 1 saturated heterocycles. The molecule has 2 aromatic rings. The molecule has 0 aliphatic carbocycles. The van der Waals surface area contributed by atoms with Gasteiger partial charge in [-0.2, -0.15) is 0 Å². The molecule has 3 unspecified atom stereocenters. The number of aryl methyl sites for hydroxylation is 1. The number of carbonyl (C=O) groups is 3. The minimum absolute atomic E-state index is 0.0615. The zero-order chi connectivity index (χ0) is 27.8. The van der Waals surface area contributed by atoms with Gasteiger partial charge >= 0.3 is 0 Å². The molecule has 1 fully saturated rings. The first-order valence-corrected chi connectivity index (χ1v) is 13.1. The van der Waals surface area contributed by atoms with Crippen molar-refractivity contribution >= 4 is 18.3 Å². The van der Waals surface area contributed by atoms with Crippen LogP contribution in [0.4, 0.5) is 8.78 Å². The SMILES string of the molecule is CCCN(CCC)C(=O)c1cc(C)cc(C(=O)N(C)C(Cc2cc(F)cc(F)c2)C(OC=O)C2CCN2)c1. The van der Waals surface area contributed by atoms with E-state index in [-0.39, 0.29) is 24.3 Å². The number of benzene rings is 2. The van der Waals surface area contributed by atoms with Gasteiger partial charge < -0.3 is 19.9 Å². The highest BCUT2D eigenvalue weighted by atomic mass is 19.1. The lowest BCUT2D eigenvalue weighted by atomic mass is 9.89. The van der Waals surface area contributed by atoms with E-state index >= 15 is 0 Å². The predicted molar refractivity (Wildman–Crippen MR) is 141 cm³/mol. The van der Waals surface area contributed by atoms with Gasteiger partial charge in [0.15, 0.2) is 0 Å². The fraction of sp³-hybridized carbons (Fsp3) is 0.483. The first-order chi connectivity index (χ1) is 18.2. The first-order valence-electron chi connectivity index (χ1n) is 13.1. The zero-order valence-corrected chi connectivity index (χ0v) is 22.5. The monoisotopic (exact) mass is 529 g/mol. The van der Waals surface area contributed by atoms with Gasteiger partial charge in [-0.3, -0.25) is 14.4 Å². The molecule has 38 heavy (non-hydrogen) atoms. The van der Waals surface area contributed by atoms with Crippen LogP contribution in [0.5, 0.6) is 0 Å². The maximum atomic E-state index is 14.0. The molecular weight excluding hydrogens is 492 g/mol. The molecule has 0 aromatic heterocycles. The molecule has 2 amide bonds. The fourth-order valence-electron chi connectivity index (χ4n) is 4.97. The summed E-state index contributed by atoms with van der Waals surface area (Å²) in [5.41, 5.74) is 1.82. The van der Waals surface area contributed by atoms with Crippen LogP contribution < -0.4 is 5.32 Å². The lowest BCUT2D eigenvalue weighted by molar-refractivity contribution is -0.139. The molecule has 7 nitrogen and oxygen atoms in total. The summed E-state index contributed by atoms with van der Waals surface area (Å²) in [5, 5.41) is 3.20. The maximum Gasteiger partial charge on any atom is 0.293 e. The molecule has 0 saturated carbocycles. The van der Waals surface area contributed by atoms with Crippen LogP contribution in [0.25, 0.3) is 0 Å². The molecule has 1 heterocycles. The Morgan fingerprint density at radius 1 is 1.03 bits per heavy atom. The Bertz CT molecular complexity index is 1110. The van der Waals surface area contributed by atoms with Crippen molar-refractivity contribution in [2.45, 2.75) is 64.6 Å². The Balaban J connectivity index is 1.96. The van der Waals surface area contributed by atoms with Crippen molar-refractivity contribution < 1.29 is 27.9 Å². The first kappa shape index (κ1) is 29.2. The summed E-state index contributed by atoms with van der Waals surface area (Å²) in [5.74, 6) is -1.98. The lowest BCUT2D eigenvalue weighted by Crippen LogP contribution is -2.60. The van der Waals surface area contributed by atoms with E-state index in [1.54, 1.807) is 30.1 Å². The van der Waals surface area contributed by atoms with Crippen molar-refractivity contribution in [2.24, 2.45) is 0 Å². The summed E-state index contributed by atoms with van der Waals surface area (Å²) in [7, 11) is 1.58. The smallest absolute Gasteiger partial charge is 0.293 e. The second-order valence-corrected chi connectivity index (χ2v) is 9.89. The largest absolute Gasteiger partial charge is 0.461 e. The highest BCUT2D eigenvalue weighted by Gasteiger charge is 2.39. The number of halogens is 2.